The van der Waals surface area contributed by atoms with Gasteiger partial charge in [0, 0.05) is 40.2 Å². The van der Waals surface area contributed by atoms with Crippen molar-refractivity contribution in [3.63, 3.8) is 0 Å². The van der Waals surface area contributed by atoms with E-state index in [1.54, 1.807) is 0 Å². The van der Waals surface area contributed by atoms with Crippen LogP contribution in [0.2, 0.25) is 0 Å². The summed E-state index contributed by atoms with van der Waals surface area (Å²) in [4.78, 5) is 4.97. The highest BCUT2D eigenvalue weighted by Crippen LogP contribution is 2.33. The second-order valence-electron chi connectivity index (χ2n) is 11.4. The standard InChI is InChI=1S/C38H41N3/c1-29-11-9-17-37(27-29)40(33-13-5-3-6-14-33)35-23-19-31(20-24-35)39-32-21-25-36(26-22-32)41(34-15-7-4-8-16-34)38-18-10-12-30(2)28-38/h3-7,10-15,18-19,21-25,27-28,31,36,39H,8-9,16-17,20,26H2,1-2H3. The Bertz CT molecular complexity index is 1490. The molecule has 2 atom stereocenters. The van der Waals surface area contributed by atoms with Crippen molar-refractivity contribution in [3.05, 3.63) is 155 Å². The molecule has 0 amide bonds. The van der Waals surface area contributed by atoms with Crippen LogP contribution in [-0.2, 0) is 0 Å². The molecule has 0 heterocycles. The number of allylic oxidation sites excluding steroid dienone is 10. The Morgan fingerprint density at radius 2 is 1.63 bits per heavy atom. The summed E-state index contributed by atoms with van der Waals surface area (Å²) in [6, 6.07) is 20.3. The Hall–Kier alpha value is -4.24. The van der Waals surface area contributed by atoms with Crippen LogP contribution in [0, 0.1) is 6.92 Å². The van der Waals surface area contributed by atoms with Crippen LogP contribution in [0.5, 0.6) is 0 Å². The highest BCUT2D eigenvalue weighted by atomic mass is 15.2. The second kappa shape index (κ2) is 12.5. The lowest BCUT2D eigenvalue weighted by Crippen LogP contribution is -2.36. The number of hydrogen-bond donors (Lipinski definition) is 1. The molecule has 0 bridgehead atoms. The van der Waals surface area contributed by atoms with Crippen molar-refractivity contribution in [3.8, 4) is 0 Å². The third-order valence-electron chi connectivity index (χ3n) is 8.24. The van der Waals surface area contributed by atoms with E-state index in [-0.39, 0.29) is 6.04 Å². The average Bonchev–Trinajstić information content (AvgIpc) is 3.00. The summed E-state index contributed by atoms with van der Waals surface area (Å²) in [5.74, 6) is 0. The van der Waals surface area contributed by atoms with Crippen molar-refractivity contribution in [2.24, 2.45) is 0 Å². The SMILES string of the molecule is CC1=CCCC(N(C2=CCC(NC3=CCC(N(C4=CC=CCC4)c4cccc(C)c4)C=C3)C=C2)c2ccccc2)=C1. The van der Waals surface area contributed by atoms with Crippen LogP contribution in [0.3, 0.4) is 0 Å². The van der Waals surface area contributed by atoms with E-state index in [9.17, 15) is 0 Å². The largest absolute Gasteiger partial charge is 0.379 e. The van der Waals surface area contributed by atoms with E-state index in [1.165, 1.54) is 45.3 Å². The summed E-state index contributed by atoms with van der Waals surface area (Å²) >= 11 is 0. The minimum absolute atomic E-state index is 0.282. The van der Waals surface area contributed by atoms with E-state index in [4.69, 9.17) is 0 Å². The molecule has 2 aromatic carbocycles. The number of rotatable bonds is 8. The molecule has 2 aromatic rings. The average molecular weight is 540 g/mol. The lowest BCUT2D eigenvalue weighted by Gasteiger charge is -2.36. The molecule has 3 nitrogen and oxygen atoms in total. The van der Waals surface area contributed by atoms with Crippen LogP contribution in [0.1, 0.15) is 51.0 Å². The van der Waals surface area contributed by atoms with Gasteiger partial charge in [-0.25, -0.2) is 0 Å². The number of anilines is 2. The van der Waals surface area contributed by atoms with Crippen molar-refractivity contribution in [2.45, 2.75) is 64.5 Å². The Kier molecular flexibility index (Phi) is 8.23. The first kappa shape index (κ1) is 27.0. The van der Waals surface area contributed by atoms with Crippen LogP contribution in [0.25, 0.3) is 0 Å². The summed E-state index contributed by atoms with van der Waals surface area (Å²) in [5.41, 5.74) is 10.4. The predicted molar refractivity (Wildman–Crippen MR) is 175 cm³/mol. The highest BCUT2D eigenvalue weighted by Gasteiger charge is 2.24. The molecule has 0 aromatic heterocycles. The van der Waals surface area contributed by atoms with Gasteiger partial charge >= 0.3 is 0 Å². The Balaban J connectivity index is 1.14. The normalized spacial score (nSPS) is 21.8. The van der Waals surface area contributed by atoms with Crippen molar-refractivity contribution in [2.75, 3.05) is 9.80 Å². The molecule has 0 saturated heterocycles. The second-order valence-corrected chi connectivity index (χ2v) is 11.4. The zero-order valence-electron chi connectivity index (χ0n) is 24.3. The molecule has 0 saturated carbocycles. The minimum atomic E-state index is 0.282. The summed E-state index contributed by atoms with van der Waals surface area (Å²) in [6.45, 7) is 4.38. The number of hydrogen-bond acceptors (Lipinski definition) is 3. The van der Waals surface area contributed by atoms with Gasteiger partial charge in [-0.05, 0) is 107 Å². The van der Waals surface area contributed by atoms with Crippen LogP contribution in [-0.4, -0.2) is 12.1 Å². The number of aryl methyl sites for hydroxylation is 1. The fourth-order valence-corrected chi connectivity index (χ4v) is 6.22. The van der Waals surface area contributed by atoms with E-state index in [1.807, 2.05) is 0 Å². The molecule has 0 spiro atoms. The van der Waals surface area contributed by atoms with Gasteiger partial charge in [0.1, 0.15) is 0 Å². The highest BCUT2D eigenvalue weighted by molar-refractivity contribution is 5.62. The zero-order valence-corrected chi connectivity index (χ0v) is 24.3. The summed E-state index contributed by atoms with van der Waals surface area (Å²) in [7, 11) is 0. The molecular weight excluding hydrogens is 498 g/mol. The Labute approximate surface area is 246 Å². The smallest absolute Gasteiger partial charge is 0.0558 e. The lowest BCUT2D eigenvalue weighted by molar-refractivity contribution is 0.657. The number of benzene rings is 2. The van der Waals surface area contributed by atoms with E-state index in [2.05, 4.69) is 150 Å². The Morgan fingerprint density at radius 1 is 0.780 bits per heavy atom. The first-order valence-corrected chi connectivity index (χ1v) is 15.1. The first-order chi connectivity index (χ1) is 20.1. The van der Waals surface area contributed by atoms with Gasteiger partial charge in [0.05, 0.1) is 6.04 Å². The summed E-state index contributed by atoms with van der Waals surface area (Å²) in [5, 5.41) is 3.79. The molecule has 1 N–H and O–H groups in total. The molecule has 208 valence electrons. The molecular formula is C38H41N3. The van der Waals surface area contributed by atoms with Crippen LogP contribution < -0.4 is 15.1 Å². The van der Waals surface area contributed by atoms with E-state index < -0.39 is 0 Å². The third-order valence-corrected chi connectivity index (χ3v) is 8.24. The maximum absolute atomic E-state index is 3.79. The third kappa shape index (κ3) is 6.41. The van der Waals surface area contributed by atoms with Gasteiger partial charge in [0.25, 0.3) is 0 Å². The van der Waals surface area contributed by atoms with Gasteiger partial charge in [0.2, 0.25) is 0 Å². The molecule has 0 fully saturated rings. The molecule has 0 radical (unpaired) electrons. The summed E-state index contributed by atoms with van der Waals surface area (Å²) in [6.07, 6.45) is 31.7. The predicted octanol–water partition coefficient (Wildman–Crippen LogP) is 9.18. The zero-order chi connectivity index (χ0) is 28.0. The van der Waals surface area contributed by atoms with Gasteiger partial charge in [-0.3, -0.25) is 0 Å². The van der Waals surface area contributed by atoms with E-state index in [0.717, 1.165) is 38.5 Å². The molecule has 2 unspecified atom stereocenters. The lowest BCUT2D eigenvalue weighted by atomic mass is 9.98. The monoisotopic (exact) mass is 539 g/mol. The quantitative estimate of drug-likeness (QED) is 0.361. The fourth-order valence-electron chi connectivity index (χ4n) is 6.22. The van der Waals surface area contributed by atoms with Crippen molar-refractivity contribution in [1.82, 2.24) is 5.32 Å². The first-order valence-electron chi connectivity index (χ1n) is 15.1. The molecule has 4 aliphatic rings. The molecule has 0 aliphatic heterocycles. The molecule has 6 rings (SSSR count). The van der Waals surface area contributed by atoms with Gasteiger partial charge in [0.15, 0.2) is 0 Å². The summed E-state index contributed by atoms with van der Waals surface area (Å²) < 4.78 is 0. The maximum Gasteiger partial charge on any atom is 0.0558 e. The van der Waals surface area contributed by atoms with Crippen LogP contribution >= 0.6 is 0 Å². The molecule has 3 heteroatoms. The Morgan fingerprint density at radius 3 is 2.34 bits per heavy atom. The number of nitrogens with one attached hydrogen (secondary N) is 1. The number of para-hydroxylation sites is 1. The van der Waals surface area contributed by atoms with Crippen molar-refractivity contribution in [1.29, 1.82) is 0 Å². The van der Waals surface area contributed by atoms with Gasteiger partial charge < -0.3 is 15.1 Å². The van der Waals surface area contributed by atoms with E-state index >= 15 is 0 Å². The molecule has 4 aliphatic carbocycles. The van der Waals surface area contributed by atoms with Crippen molar-refractivity contribution >= 4 is 11.4 Å². The van der Waals surface area contributed by atoms with Gasteiger partial charge in [-0.15, -0.1) is 0 Å². The molecule has 41 heavy (non-hydrogen) atoms. The van der Waals surface area contributed by atoms with Gasteiger partial charge in [-0.1, -0.05) is 78.4 Å². The van der Waals surface area contributed by atoms with E-state index in [0.29, 0.717) is 6.04 Å². The van der Waals surface area contributed by atoms with Crippen LogP contribution in [0.15, 0.2) is 150 Å². The maximum atomic E-state index is 3.79. The number of nitrogens with zero attached hydrogens (tertiary/aromatic N) is 2. The van der Waals surface area contributed by atoms with Crippen molar-refractivity contribution < 1.29 is 0 Å². The minimum Gasteiger partial charge on any atom is -0.379 e. The topological polar surface area (TPSA) is 18.5 Å². The fraction of sp³-hybridized carbons (Fsp3) is 0.263. The van der Waals surface area contributed by atoms with Crippen LogP contribution in [0.4, 0.5) is 11.4 Å². The van der Waals surface area contributed by atoms with Gasteiger partial charge in [-0.2, -0.15) is 0 Å².